The fourth-order valence-electron chi connectivity index (χ4n) is 1.81. The Hall–Kier alpha value is -2.83. The number of primary amides is 1. The summed E-state index contributed by atoms with van der Waals surface area (Å²) >= 11 is 0. The van der Waals surface area contributed by atoms with Crippen LogP contribution in [0.2, 0.25) is 0 Å². The van der Waals surface area contributed by atoms with Crippen molar-refractivity contribution >= 4 is 23.0 Å². The molecule has 0 spiro atoms. The van der Waals surface area contributed by atoms with Crippen molar-refractivity contribution in [2.75, 3.05) is 18.2 Å². The molecule has 0 aromatic heterocycles. The van der Waals surface area contributed by atoms with Crippen LogP contribution in [-0.2, 0) is 0 Å². The van der Waals surface area contributed by atoms with Gasteiger partial charge in [-0.05, 0) is 24.3 Å². The van der Waals surface area contributed by atoms with E-state index in [1.165, 1.54) is 25.3 Å². The topological polar surface area (TPSA) is 90.4 Å². The quantitative estimate of drug-likeness (QED) is 0.755. The minimum atomic E-state index is -0.776. The summed E-state index contributed by atoms with van der Waals surface area (Å²) in [5, 5.41) is 2.71. The normalized spacial score (nSPS) is 10.2. The number of hydrogen-bond donors (Lipinski definition) is 3. The first-order chi connectivity index (χ1) is 9.92. The molecule has 5 N–H and O–H groups in total. The number of carbonyl (C=O) groups is 1. The average Bonchev–Trinajstić information content (AvgIpc) is 2.42. The lowest BCUT2D eigenvalue weighted by molar-refractivity contribution is 0.100. The second-order valence-corrected chi connectivity index (χ2v) is 4.25. The molecule has 0 aliphatic heterocycles. The van der Waals surface area contributed by atoms with E-state index in [4.69, 9.17) is 16.2 Å². The number of hydrogen-bond acceptors (Lipinski definition) is 4. The number of amides is 1. The van der Waals surface area contributed by atoms with Crippen LogP contribution in [0, 0.1) is 11.6 Å². The Bertz CT molecular complexity index is 705. The molecule has 0 radical (unpaired) electrons. The Morgan fingerprint density at radius 1 is 1.19 bits per heavy atom. The Kier molecular flexibility index (Phi) is 3.93. The van der Waals surface area contributed by atoms with Gasteiger partial charge in [0.25, 0.3) is 5.91 Å². The van der Waals surface area contributed by atoms with Gasteiger partial charge >= 0.3 is 0 Å². The molecule has 0 heterocycles. The summed E-state index contributed by atoms with van der Waals surface area (Å²) in [5.41, 5.74) is 10.9. The first-order valence-electron chi connectivity index (χ1n) is 5.91. The third-order valence-corrected chi connectivity index (χ3v) is 2.84. The first kappa shape index (κ1) is 14.6. The molecule has 0 saturated carbocycles. The summed E-state index contributed by atoms with van der Waals surface area (Å²) in [4.78, 5) is 11.2. The third-order valence-electron chi connectivity index (χ3n) is 2.84. The van der Waals surface area contributed by atoms with Crippen LogP contribution in [0.3, 0.4) is 0 Å². The molecular formula is C14H13F2N3O2. The summed E-state index contributed by atoms with van der Waals surface area (Å²) in [7, 11) is 1.36. The smallest absolute Gasteiger partial charge is 0.250 e. The van der Waals surface area contributed by atoms with Crippen LogP contribution in [0.5, 0.6) is 5.75 Å². The number of ether oxygens (including phenoxy) is 1. The molecule has 1 amide bonds. The van der Waals surface area contributed by atoms with Crippen LogP contribution in [0.1, 0.15) is 10.4 Å². The number of nitrogens with one attached hydrogen (secondary N) is 1. The highest BCUT2D eigenvalue weighted by atomic mass is 19.1. The lowest BCUT2D eigenvalue weighted by Crippen LogP contribution is -2.14. The number of rotatable bonds is 4. The molecule has 2 rings (SSSR count). The van der Waals surface area contributed by atoms with Gasteiger partial charge in [-0.25, -0.2) is 8.78 Å². The SMILES string of the molecule is COc1cc(F)ccc1Nc1cc(C(N)=O)c(N)cc1F. The number of halogens is 2. The summed E-state index contributed by atoms with van der Waals surface area (Å²) in [6, 6.07) is 5.89. The zero-order chi connectivity index (χ0) is 15.6. The highest BCUT2D eigenvalue weighted by molar-refractivity contribution is 5.99. The van der Waals surface area contributed by atoms with E-state index >= 15 is 0 Å². The van der Waals surface area contributed by atoms with Crippen LogP contribution in [-0.4, -0.2) is 13.0 Å². The molecular weight excluding hydrogens is 280 g/mol. The predicted octanol–water partition coefficient (Wildman–Crippen LogP) is 2.40. The Morgan fingerprint density at radius 3 is 2.52 bits per heavy atom. The number of methoxy groups -OCH3 is 1. The van der Waals surface area contributed by atoms with Crippen LogP contribution < -0.4 is 21.5 Å². The van der Waals surface area contributed by atoms with Crippen molar-refractivity contribution in [1.82, 2.24) is 0 Å². The lowest BCUT2D eigenvalue weighted by Gasteiger charge is -2.13. The van der Waals surface area contributed by atoms with Crippen molar-refractivity contribution in [2.45, 2.75) is 0 Å². The second-order valence-electron chi connectivity index (χ2n) is 4.25. The monoisotopic (exact) mass is 293 g/mol. The number of nitrogen functional groups attached to an aromatic ring is 1. The van der Waals surface area contributed by atoms with Crippen LogP contribution in [0.4, 0.5) is 25.8 Å². The average molecular weight is 293 g/mol. The Balaban J connectivity index is 2.44. The van der Waals surface area contributed by atoms with Crippen molar-refractivity contribution in [1.29, 1.82) is 0 Å². The van der Waals surface area contributed by atoms with E-state index in [9.17, 15) is 13.6 Å². The Morgan fingerprint density at radius 2 is 1.90 bits per heavy atom. The predicted molar refractivity (Wildman–Crippen MR) is 75.6 cm³/mol. The fourth-order valence-corrected chi connectivity index (χ4v) is 1.81. The zero-order valence-electron chi connectivity index (χ0n) is 11.1. The van der Waals surface area contributed by atoms with Gasteiger partial charge in [0.15, 0.2) is 0 Å². The van der Waals surface area contributed by atoms with Crippen molar-refractivity contribution in [3.63, 3.8) is 0 Å². The zero-order valence-corrected chi connectivity index (χ0v) is 11.1. The van der Waals surface area contributed by atoms with E-state index in [1.54, 1.807) is 0 Å². The minimum Gasteiger partial charge on any atom is -0.494 e. The molecule has 0 bridgehead atoms. The van der Waals surface area contributed by atoms with Crippen molar-refractivity contribution in [3.8, 4) is 5.75 Å². The fraction of sp³-hybridized carbons (Fsp3) is 0.0714. The van der Waals surface area contributed by atoms with E-state index in [0.29, 0.717) is 5.69 Å². The summed E-state index contributed by atoms with van der Waals surface area (Å²) in [5.74, 6) is -1.76. The van der Waals surface area contributed by atoms with Gasteiger partial charge < -0.3 is 21.5 Å². The summed E-state index contributed by atoms with van der Waals surface area (Å²) < 4.78 is 32.0. The van der Waals surface area contributed by atoms with Gasteiger partial charge in [-0.15, -0.1) is 0 Å². The van der Waals surface area contributed by atoms with E-state index in [-0.39, 0.29) is 22.7 Å². The maximum absolute atomic E-state index is 13.9. The first-order valence-corrected chi connectivity index (χ1v) is 5.91. The number of benzene rings is 2. The van der Waals surface area contributed by atoms with Crippen LogP contribution in [0.15, 0.2) is 30.3 Å². The summed E-state index contributed by atoms with van der Waals surface area (Å²) in [6.07, 6.45) is 0. The molecule has 0 aliphatic rings. The van der Waals surface area contributed by atoms with Gasteiger partial charge in [0.1, 0.15) is 17.4 Å². The molecule has 0 aliphatic carbocycles. The maximum Gasteiger partial charge on any atom is 0.250 e. The summed E-state index contributed by atoms with van der Waals surface area (Å²) in [6.45, 7) is 0. The molecule has 0 fully saturated rings. The van der Waals surface area contributed by atoms with Gasteiger partial charge in [0.05, 0.1) is 24.0 Å². The number of anilines is 3. The number of carbonyl (C=O) groups excluding carboxylic acids is 1. The highest BCUT2D eigenvalue weighted by Gasteiger charge is 2.13. The molecule has 0 atom stereocenters. The molecule has 2 aromatic carbocycles. The number of nitrogens with two attached hydrogens (primary N) is 2. The van der Waals surface area contributed by atoms with Crippen molar-refractivity contribution in [3.05, 3.63) is 47.5 Å². The molecule has 21 heavy (non-hydrogen) atoms. The van der Waals surface area contributed by atoms with Gasteiger partial charge in [-0.1, -0.05) is 0 Å². The van der Waals surface area contributed by atoms with Gasteiger partial charge in [0, 0.05) is 11.8 Å². The van der Waals surface area contributed by atoms with Crippen molar-refractivity contribution < 1.29 is 18.3 Å². The largest absolute Gasteiger partial charge is 0.494 e. The van der Waals surface area contributed by atoms with Gasteiger partial charge in [-0.2, -0.15) is 0 Å². The molecule has 5 nitrogen and oxygen atoms in total. The van der Waals surface area contributed by atoms with Gasteiger partial charge in [-0.3, -0.25) is 4.79 Å². The van der Waals surface area contributed by atoms with E-state index in [1.807, 2.05) is 0 Å². The molecule has 2 aromatic rings. The lowest BCUT2D eigenvalue weighted by atomic mass is 10.1. The third kappa shape index (κ3) is 3.02. The van der Waals surface area contributed by atoms with Crippen LogP contribution in [0.25, 0.3) is 0 Å². The molecule has 110 valence electrons. The van der Waals surface area contributed by atoms with E-state index in [2.05, 4.69) is 5.32 Å². The molecule has 0 saturated heterocycles. The van der Waals surface area contributed by atoms with Crippen LogP contribution >= 0.6 is 0 Å². The Labute approximate surface area is 119 Å². The second kappa shape index (κ2) is 5.66. The van der Waals surface area contributed by atoms with E-state index < -0.39 is 17.5 Å². The van der Waals surface area contributed by atoms with Crippen molar-refractivity contribution in [2.24, 2.45) is 5.73 Å². The molecule has 7 heteroatoms. The maximum atomic E-state index is 13.9. The standard InChI is InChI=1S/C14H13F2N3O2/c1-21-13-4-7(15)2-3-11(13)19-12-5-8(14(18)20)10(17)6-9(12)16/h2-6,19H,17H2,1H3,(H2,18,20). The van der Waals surface area contributed by atoms with E-state index in [0.717, 1.165) is 12.1 Å². The highest BCUT2D eigenvalue weighted by Crippen LogP contribution is 2.31. The molecule has 0 unspecified atom stereocenters. The van der Waals surface area contributed by atoms with Gasteiger partial charge in [0.2, 0.25) is 0 Å². The minimum absolute atomic E-state index is 0.0139.